The third kappa shape index (κ3) is 4.79. The van der Waals surface area contributed by atoms with Crippen molar-refractivity contribution in [1.82, 2.24) is 39.0 Å². The minimum Gasteiger partial charge on any atom is -0.382 e. The maximum absolute atomic E-state index is 12.0. The van der Waals surface area contributed by atoms with E-state index >= 15 is 0 Å². The van der Waals surface area contributed by atoms with E-state index in [1.165, 1.54) is 12.7 Å². The third-order valence-electron chi connectivity index (χ3n) is 6.67. The number of hydrogen-bond acceptors (Lipinski definition) is 13. The standard InChI is InChI=1S/C22H28N10O6/c23-18-16-19(26-8-25-18)31(9-27-16)13-4-2-12(38-13)6-36-15(33)7-35-5-11-1-3-14(37-11)32-10-28-17-20(32)29-22(24)30-21(17)34/h8-15,33H,1-7H2,(H2,23,25,26)(H3,24,29,30,34)/t11-,12?,13?,14?,15?/m0/s1. The second-order valence-corrected chi connectivity index (χ2v) is 9.26. The van der Waals surface area contributed by atoms with E-state index in [0.717, 1.165) is 19.3 Å². The van der Waals surface area contributed by atoms with Crippen LogP contribution in [0.5, 0.6) is 0 Å². The Morgan fingerprint density at radius 3 is 2.42 bits per heavy atom. The predicted molar refractivity (Wildman–Crippen MR) is 131 cm³/mol. The van der Waals surface area contributed by atoms with Gasteiger partial charge < -0.3 is 35.5 Å². The normalized spacial score (nSPS) is 24.6. The quantitative estimate of drug-likeness (QED) is 0.208. The van der Waals surface area contributed by atoms with Crippen LogP contribution in [0.1, 0.15) is 38.1 Å². The van der Waals surface area contributed by atoms with Crippen molar-refractivity contribution < 1.29 is 24.1 Å². The SMILES string of the molecule is Nc1nc2c(ncn2C2CC[C@@H](COCC(O)OCC3CCC(n4cnc5c(N)ncnc54)O3)O2)c(=O)[nH]1. The summed E-state index contributed by atoms with van der Waals surface area (Å²) in [6, 6.07) is 0. The summed E-state index contributed by atoms with van der Waals surface area (Å²) in [4.78, 5) is 35.2. The number of H-pyrrole nitrogens is 1. The molecule has 4 aromatic heterocycles. The molecule has 4 unspecified atom stereocenters. The molecular formula is C22H28N10O6. The number of aliphatic hydroxyl groups excluding tert-OH is 1. The molecule has 6 N–H and O–H groups in total. The van der Waals surface area contributed by atoms with Gasteiger partial charge in [-0.25, -0.2) is 19.9 Å². The van der Waals surface area contributed by atoms with Crippen LogP contribution in [0.4, 0.5) is 11.8 Å². The lowest BCUT2D eigenvalue weighted by molar-refractivity contribution is -0.166. The Labute approximate surface area is 214 Å². The maximum atomic E-state index is 12.0. The van der Waals surface area contributed by atoms with Crippen LogP contribution < -0.4 is 17.0 Å². The summed E-state index contributed by atoms with van der Waals surface area (Å²) in [5, 5.41) is 10.2. The first kappa shape index (κ1) is 24.6. The second-order valence-electron chi connectivity index (χ2n) is 9.26. The lowest BCUT2D eigenvalue weighted by Crippen LogP contribution is -2.27. The highest BCUT2D eigenvalue weighted by molar-refractivity contribution is 5.81. The number of aromatic nitrogens is 8. The molecule has 0 bridgehead atoms. The molecule has 0 saturated carbocycles. The third-order valence-corrected chi connectivity index (χ3v) is 6.67. The number of nitrogens with one attached hydrogen (secondary N) is 1. The lowest BCUT2D eigenvalue weighted by atomic mass is 10.2. The van der Waals surface area contributed by atoms with Crippen molar-refractivity contribution in [1.29, 1.82) is 0 Å². The molecule has 6 heterocycles. The number of nitrogens with zero attached hydrogens (tertiary/aromatic N) is 7. The van der Waals surface area contributed by atoms with Gasteiger partial charge in [0, 0.05) is 0 Å². The first-order chi connectivity index (χ1) is 18.5. The minimum absolute atomic E-state index is 0.00942. The van der Waals surface area contributed by atoms with Crippen LogP contribution in [0.2, 0.25) is 0 Å². The highest BCUT2D eigenvalue weighted by Gasteiger charge is 2.30. The van der Waals surface area contributed by atoms with Gasteiger partial charge in [0.1, 0.15) is 24.3 Å². The number of nitrogen functional groups attached to an aromatic ring is 2. The average molecular weight is 529 g/mol. The number of anilines is 2. The van der Waals surface area contributed by atoms with Crippen molar-refractivity contribution in [2.45, 2.75) is 56.6 Å². The van der Waals surface area contributed by atoms with Crippen LogP contribution in [-0.2, 0) is 18.9 Å². The van der Waals surface area contributed by atoms with Gasteiger partial charge >= 0.3 is 0 Å². The molecular weight excluding hydrogens is 500 g/mol. The maximum Gasteiger partial charge on any atom is 0.280 e. The Kier molecular flexibility index (Phi) is 6.62. The molecule has 5 atom stereocenters. The Morgan fingerprint density at radius 2 is 1.66 bits per heavy atom. The fourth-order valence-corrected chi connectivity index (χ4v) is 4.83. The Morgan fingerprint density at radius 1 is 0.974 bits per heavy atom. The summed E-state index contributed by atoms with van der Waals surface area (Å²) in [7, 11) is 0. The summed E-state index contributed by atoms with van der Waals surface area (Å²) in [5.74, 6) is 0.340. The van der Waals surface area contributed by atoms with E-state index in [-0.39, 0.29) is 55.9 Å². The fraction of sp³-hybridized carbons (Fsp3) is 0.545. The molecule has 16 heteroatoms. The molecule has 2 saturated heterocycles. The van der Waals surface area contributed by atoms with Gasteiger partial charge in [0.25, 0.3) is 5.56 Å². The fourth-order valence-electron chi connectivity index (χ4n) is 4.83. The zero-order valence-electron chi connectivity index (χ0n) is 20.3. The number of aromatic amines is 1. The zero-order chi connectivity index (χ0) is 26.2. The first-order valence-electron chi connectivity index (χ1n) is 12.3. The molecule has 0 aliphatic carbocycles. The van der Waals surface area contributed by atoms with Crippen LogP contribution in [0.25, 0.3) is 22.3 Å². The van der Waals surface area contributed by atoms with Crippen LogP contribution in [0.3, 0.4) is 0 Å². The van der Waals surface area contributed by atoms with Crippen LogP contribution in [0, 0.1) is 0 Å². The molecule has 0 amide bonds. The predicted octanol–water partition coefficient (Wildman–Crippen LogP) is -0.169. The number of hydrogen-bond donors (Lipinski definition) is 4. The van der Waals surface area contributed by atoms with Gasteiger partial charge in [0.15, 0.2) is 28.9 Å². The van der Waals surface area contributed by atoms with Gasteiger partial charge in [-0.05, 0) is 25.7 Å². The smallest absolute Gasteiger partial charge is 0.280 e. The lowest BCUT2D eigenvalue weighted by Gasteiger charge is -2.19. The topological polar surface area (TPSA) is 216 Å². The van der Waals surface area contributed by atoms with Crippen LogP contribution in [-0.4, -0.2) is 82.5 Å². The van der Waals surface area contributed by atoms with Gasteiger partial charge in [-0.2, -0.15) is 4.98 Å². The van der Waals surface area contributed by atoms with E-state index in [2.05, 4.69) is 29.9 Å². The average Bonchev–Trinajstić information content (AvgIpc) is 3.68. The number of fused-ring (bicyclic) bond motifs is 2. The van der Waals surface area contributed by atoms with E-state index in [0.29, 0.717) is 29.0 Å². The second kappa shape index (κ2) is 10.2. The Balaban J connectivity index is 0.935. The number of ether oxygens (including phenoxy) is 4. The van der Waals surface area contributed by atoms with Crippen molar-refractivity contribution >= 4 is 34.1 Å². The van der Waals surface area contributed by atoms with Crippen LogP contribution in [0.15, 0.2) is 23.8 Å². The van der Waals surface area contributed by atoms with E-state index in [1.807, 2.05) is 4.57 Å². The molecule has 16 nitrogen and oxygen atoms in total. The van der Waals surface area contributed by atoms with E-state index in [1.54, 1.807) is 10.9 Å². The van der Waals surface area contributed by atoms with E-state index < -0.39 is 11.8 Å². The molecule has 202 valence electrons. The molecule has 2 aliphatic heterocycles. The summed E-state index contributed by atoms with van der Waals surface area (Å²) in [5.41, 5.74) is 12.9. The van der Waals surface area contributed by atoms with Crippen molar-refractivity contribution in [3.05, 3.63) is 29.3 Å². The highest BCUT2D eigenvalue weighted by atomic mass is 16.6. The van der Waals surface area contributed by atoms with Crippen molar-refractivity contribution in [3.8, 4) is 0 Å². The number of aliphatic hydroxyl groups is 1. The summed E-state index contributed by atoms with van der Waals surface area (Å²) in [6.45, 7) is 0.487. The Hall–Kier alpha value is -3.70. The molecule has 4 aromatic rings. The van der Waals surface area contributed by atoms with Gasteiger partial charge in [-0.3, -0.25) is 18.9 Å². The van der Waals surface area contributed by atoms with Gasteiger partial charge in [-0.1, -0.05) is 0 Å². The molecule has 6 rings (SSSR count). The molecule has 2 fully saturated rings. The zero-order valence-corrected chi connectivity index (χ0v) is 20.3. The molecule has 0 spiro atoms. The van der Waals surface area contributed by atoms with Gasteiger partial charge in [0.2, 0.25) is 5.95 Å². The summed E-state index contributed by atoms with van der Waals surface area (Å²) < 4.78 is 26.8. The molecule has 2 aliphatic rings. The largest absolute Gasteiger partial charge is 0.382 e. The Bertz CT molecular complexity index is 1490. The first-order valence-corrected chi connectivity index (χ1v) is 12.3. The van der Waals surface area contributed by atoms with Gasteiger partial charge in [-0.15, -0.1) is 0 Å². The van der Waals surface area contributed by atoms with E-state index in [9.17, 15) is 9.90 Å². The number of nitrogens with two attached hydrogens (primary N) is 2. The van der Waals surface area contributed by atoms with Crippen molar-refractivity contribution in [2.75, 3.05) is 31.3 Å². The van der Waals surface area contributed by atoms with Crippen molar-refractivity contribution in [3.63, 3.8) is 0 Å². The summed E-state index contributed by atoms with van der Waals surface area (Å²) >= 11 is 0. The monoisotopic (exact) mass is 528 g/mol. The highest BCUT2D eigenvalue weighted by Crippen LogP contribution is 2.32. The molecule has 38 heavy (non-hydrogen) atoms. The van der Waals surface area contributed by atoms with Gasteiger partial charge in [0.05, 0.1) is 44.7 Å². The molecule has 0 radical (unpaired) electrons. The van der Waals surface area contributed by atoms with E-state index in [4.69, 9.17) is 30.4 Å². The molecule has 0 aromatic carbocycles. The summed E-state index contributed by atoms with van der Waals surface area (Å²) in [6.07, 6.45) is 5.41. The van der Waals surface area contributed by atoms with Crippen LogP contribution >= 0.6 is 0 Å². The number of rotatable bonds is 9. The van der Waals surface area contributed by atoms with Crippen molar-refractivity contribution in [2.24, 2.45) is 0 Å². The minimum atomic E-state index is -1.10. The number of imidazole rings is 2.